The molecular weight excluding hydrogens is 308 g/mol. The minimum atomic E-state index is -0.505. The molecule has 24 heavy (non-hydrogen) atoms. The van der Waals surface area contributed by atoms with E-state index in [0.717, 1.165) is 32.1 Å². The molecule has 0 aromatic rings. The molecule has 140 valence electrons. The van der Waals surface area contributed by atoms with E-state index in [0.29, 0.717) is 19.1 Å². The minimum absolute atomic E-state index is 0.00422. The second-order valence-corrected chi connectivity index (χ2v) is 7.59. The number of carbonyl (C=O) groups excluding carboxylic acids is 2. The van der Waals surface area contributed by atoms with E-state index in [2.05, 4.69) is 10.6 Å². The number of esters is 1. The van der Waals surface area contributed by atoms with Gasteiger partial charge in [-0.3, -0.25) is 4.79 Å². The molecule has 2 N–H and O–H groups in total. The molecule has 1 fully saturated rings. The van der Waals surface area contributed by atoms with Crippen LogP contribution in [0.2, 0.25) is 0 Å². The Balaban J connectivity index is 2.50. The number of alkyl carbamates (subject to hydrolysis) is 1. The smallest absolute Gasteiger partial charge is 0.407 e. The van der Waals surface area contributed by atoms with Crippen molar-refractivity contribution >= 4 is 12.1 Å². The van der Waals surface area contributed by atoms with Crippen LogP contribution < -0.4 is 10.6 Å². The summed E-state index contributed by atoms with van der Waals surface area (Å²) in [5, 5.41) is 6.12. The summed E-state index contributed by atoms with van der Waals surface area (Å²) in [5.41, 5.74) is -0.505. The van der Waals surface area contributed by atoms with Crippen LogP contribution in [-0.2, 0) is 14.3 Å². The molecule has 0 spiro atoms. The van der Waals surface area contributed by atoms with Crippen LogP contribution >= 0.6 is 0 Å². The zero-order valence-electron chi connectivity index (χ0n) is 15.8. The summed E-state index contributed by atoms with van der Waals surface area (Å²) < 4.78 is 10.6. The fraction of sp³-hybridized carbons (Fsp3) is 0.889. The van der Waals surface area contributed by atoms with Gasteiger partial charge in [0.05, 0.1) is 12.5 Å². The van der Waals surface area contributed by atoms with E-state index >= 15 is 0 Å². The number of amides is 1. The lowest BCUT2D eigenvalue weighted by Gasteiger charge is -2.34. The van der Waals surface area contributed by atoms with E-state index in [9.17, 15) is 9.59 Å². The van der Waals surface area contributed by atoms with E-state index in [4.69, 9.17) is 9.47 Å². The van der Waals surface area contributed by atoms with Crippen molar-refractivity contribution in [3.8, 4) is 0 Å². The zero-order valence-corrected chi connectivity index (χ0v) is 15.8. The Bertz CT molecular complexity index is 398. The van der Waals surface area contributed by atoms with Gasteiger partial charge in [-0.1, -0.05) is 6.92 Å². The van der Waals surface area contributed by atoms with Gasteiger partial charge in [0, 0.05) is 12.6 Å². The van der Waals surface area contributed by atoms with Gasteiger partial charge in [0.2, 0.25) is 0 Å². The maximum atomic E-state index is 12.0. The second kappa shape index (κ2) is 9.87. The highest BCUT2D eigenvalue weighted by molar-refractivity contribution is 5.72. The van der Waals surface area contributed by atoms with Crippen molar-refractivity contribution in [2.24, 2.45) is 11.8 Å². The van der Waals surface area contributed by atoms with E-state index in [1.807, 2.05) is 34.7 Å². The Morgan fingerprint density at radius 2 is 1.79 bits per heavy atom. The predicted octanol–water partition coefficient (Wildman–Crippen LogP) is 2.86. The van der Waals surface area contributed by atoms with Crippen LogP contribution in [0.15, 0.2) is 0 Å². The van der Waals surface area contributed by atoms with Gasteiger partial charge < -0.3 is 20.1 Å². The molecule has 1 atom stereocenters. The summed E-state index contributed by atoms with van der Waals surface area (Å²) in [5.74, 6) is 0.283. The molecule has 0 aliphatic heterocycles. The summed E-state index contributed by atoms with van der Waals surface area (Å²) in [4.78, 5) is 24.0. The first-order valence-electron chi connectivity index (χ1n) is 9.07. The van der Waals surface area contributed by atoms with E-state index in [-0.39, 0.29) is 24.0 Å². The lowest BCUT2D eigenvalue weighted by Crippen LogP contribution is -2.48. The van der Waals surface area contributed by atoms with Gasteiger partial charge in [-0.15, -0.1) is 0 Å². The molecule has 6 heteroatoms. The first-order chi connectivity index (χ1) is 11.3. The molecule has 1 unspecified atom stereocenters. The normalized spacial score (nSPS) is 22.5. The van der Waals surface area contributed by atoms with Gasteiger partial charge >= 0.3 is 12.1 Å². The zero-order chi connectivity index (χ0) is 18.2. The van der Waals surface area contributed by atoms with Gasteiger partial charge in [0.25, 0.3) is 0 Å². The first-order valence-corrected chi connectivity index (χ1v) is 9.07. The highest BCUT2D eigenvalue weighted by atomic mass is 16.6. The Labute approximate surface area is 146 Å². The van der Waals surface area contributed by atoms with E-state index in [1.54, 1.807) is 0 Å². The van der Waals surface area contributed by atoms with E-state index < -0.39 is 5.60 Å². The fourth-order valence-electron chi connectivity index (χ4n) is 3.09. The summed E-state index contributed by atoms with van der Waals surface area (Å²) in [6, 6.07) is 0.0115. The largest absolute Gasteiger partial charge is 0.465 e. The predicted molar refractivity (Wildman–Crippen MR) is 93.8 cm³/mol. The van der Waals surface area contributed by atoms with Gasteiger partial charge in [-0.2, -0.15) is 0 Å². The Kier molecular flexibility index (Phi) is 8.53. The molecule has 0 heterocycles. The van der Waals surface area contributed by atoms with Crippen LogP contribution in [0, 0.1) is 11.8 Å². The molecule has 0 aromatic heterocycles. The van der Waals surface area contributed by atoms with Crippen molar-refractivity contribution in [3.63, 3.8) is 0 Å². The summed E-state index contributed by atoms with van der Waals surface area (Å²) in [6.45, 7) is 8.75. The fourth-order valence-corrected chi connectivity index (χ4v) is 3.09. The van der Waals surface area contributed by atoms with Crippen LogP contribution in [0.25, 0.3) is 0 Å². The number of nitrogens with one attached hydrogen (secondary N) is 2. The molecule has 1 aliphatic carbocycles. The SMILES string of the molecule is CCCOC(=O)C1CCC(C(CNC)NC(=O)OC(C)(C)C)CC1. The Morgan fingerprint density at radius 3 is 2.29 bits per heavy atom. The highest BCUT2D eigenvalue weighted by Crippen LogP contribution is 2.31. The summed E-state index contributed by atoms with van der Waals surface area (Å²) in [6.07, 6.45) is 3.94. The van der Waals surface area contributed by atoms with Gasteiger partial charge in [0.1, 0.15) is 5.60 Å². The highest BCUT2D eigenvalue weighted by Gasteiger charge is 2.32. The second-order valence-electron chi connectivity index (χ2n) is 7.59. The van der Waals surface area contributed by atoms with Crippen molar-refractivity contribution in [2.45, 2.75) is 71.4 Å². The number of hydrogen-bond acceptors (Lipinski definition) is 5. The third-order valence-electron chi connectivity index (χ3n) is 4.25. The molecule has 0 saturated heterocycles. The van der Waals surface area contributed by atoms with Gasteiger partial charge in [-0.25, -0.2) is 4.79 Å². The van der Waals surface area contributed by atoms with Crippen LogP contribution in [0.3, 0.4) is 0 Å². The van der Waals surface area contributed by atoms with Gasteiger partial charge in [-0.05, 0) is 65.8 Å². The quantitative estimate of drug-likeness (QED) is 0.696. The number of ether oxygens (including phenoxy) is 2. The monoisotopic (exact) mass is 342 g/mol. The molecule has 1 aliphatic rings. The Morgan fingerprint density at radius 1 is 1.17 bits per heavy atom. The van der Waals surface area contributed by atoms with Crippen molar-refractivity contribution in [1.82, 2.24) is 10.6 Å². The standard InChI is InChI=1S/C18H34N2O4/c1-6-11-23-16(21)14-9-7-13(8-10-14)15(12-19-5)20-17(22)24-18(2,3)4/h13-15,19H,6-12H2,1-5H3,(H,20,22). The number of rotatable bonds is 7. The maximum absolute atomic E-state index is 12.0. The molecule has 1 amide bonds. The van der Waals surface area contributed by atoms with Crippen molar-refractivity contribution < 1.29 is 19.1 Å². The number of hydrogen-bond donors (Lipinski definition) is 2. The average molecular weight is 342 g/mol. The van der Waals surface area contributed by atoms with Crippen LogP contribution in [0.5, 0.6) is 0 Å². The first kappa shape index (κ1) is 20.7. The summed E-state index contributed by atoms with van der Waals surface area (Å²) in [7, 11) is 1.87. The van der Waals surface area contributed by atoms with E-state index in [1.165, 1.54) is 0 Å². The molecule has 6 nitrogen and oxygen atoms in total. The molecule has 1 saturated carbocycles. The van der Waals surface area contributed by atoms with Crippen LogP contribution in [-0.4, -0.2) is 43.9 Å². The topological polar surface area (TPSA) is 76.7 Å². The molecule has 0 bridgehead atoms. The number of carbonyl (C=O) groups is 2. The third kappa shape index (κ3) is 7.51. The minimum Gasteiger partial charge on any atom is -0.465 e. The van der Waals surface area contributed by atoms with Crippen LogP contribution in [0.1, 0.15) is 59.8 Å². The lowest BCUT2D eigenvalue weighted by atomic mass is 9.78. The maximum Gasteiger partial charge on any atom is 0.407 e. The van der Waals surface area contributed by atoms with Crippen LogP contribution in [0.4, 0.5) is 4.79 Å². The Hall–Kier alpha value is -1.30. The third-order valence-corrected chi connectivity index (χ3v) is 4.25. The molecular formula is C18H34N2O4. The van der Waals surface area contributed by atoms with Crippen molar-refractivity contribution in [1.29, 1.82) is 0 Å². The average Bonchev–Trinajstić information content (AvgIpc) is 2.50. The van der Waals surface area contributed by atoms with Crippen molar-refractivity contribution in [2.75, 3.05) is 20.2 Å². The molecule has 0 radical (unpaired) electrons. The molecule has 0 aromatic carbocycles. The molecule has 1 rings (SSSR count). The van der Waals surface area contributed by atoms with Gasteiger partial charge in [0.15, 0.2) is 0 Å². The number of likely N-dealkylation sites (N-methyl/N-ethyl adjacent to an activating group) is 1. The lowest BCUT2D eigenvalue weighted by molar-refractivity contribution is -0.150. The summed E-state index contributed by atoms with van der Waals surface area (Å²) >= 11 is 0. The van der Waals surface area contributed by atoms with Crippen molar-refractivity contribution in [3.05, 3.63) is 0 Å².